The molecule has 0 aliphatic heterocycles. The number of aryl methyl sites for hydroxylation is 1. The van der Waals surface area contributed by atoms with Crippen molar-refractivity contribution in [3.8, 4) is 11.8 Å². The van der Waals surface area contributed by atoms with E-state index in [4.69, 9.17) is 0 Å². The van der Waals surface area contributed by atoms with Gasteiger partial charge in [0.2, 0.25) is 0 Å². The average Bonchev–Trinajstić information content (AvgIpc) is 2.40. The first-order valence-corrected chi connectivity index (χ1v) is 5.96. The summed E-state index contributed by atoms with van der Waals surface area (Å²) in [4.78, 5) is 11.8. The van der Waals surface area contributed by atoms with Gasteiger partial charge in [-0.2, -0.15) is 0 Å². The standard InChI is InChI=1S/C15H16N2O/c1-3-4-7-10-16-13-11-15(18)17(2)14-9-6-5-8-12(13)14/h5-6,8-9,11,16H,7,10H2,1-2H3. The Morgan fingerprint density at radius 1 is 1.33 bits per heavy atom. The number of para-hydroxylation sites is 1. The molecular weight excluding hydrogens is 224 g/mol. The van der Waals surface area contributed by atoms with Gasteiger partial charge in [0.1, 0.15) is 0 Å². The summed E-state index contributed by atoms with van der Waals surface area (Å²) in [7, 11) is 1.79. The molecule has 0 spiro atoms. The van der Waals surface area contributed by atoms with Crippen LogP contribution in [0.3, 0.4) is 0 Å². The maximum Gasteiger partial charge on any atom is 0.252 e. The van der Waals surface area contributed by atoms with Crippen LogP contribution in [0.1, 0.15) is 13.3 Å². The molecule has 1 aromatic carbocycles. The minimum atomic E-state index is -0.00206. The van der Waals surface area contributed by atoms with E-state index in [0.717, 1.165) is 29.6 Å². The van der Waals surface area contributed by atoms with Crippen LogP contribution >= 0.6 is 0 Å². The zero-order valence-corrected chi connectivity index (χ0v) is 10.7. The first kappa shape index (κ1) is 12.3. The Labute approximate surface area is 106 Å². The molecule has 0 radical (unpaired) electrons. The summed E-state index contributed by atoms with van der Waals surface area (Å²) in [5.74, 6) is 5.85. The van der Waals surface area contributed by atoms with Gasteiger partial charge in [-0.25, -0.2) is 0 Å². The first-order valence-electron chi connectivity index (χ1n) is 5.96. The van der Waals surface area contributed by atoms with E-state index in [1.54, 1.807) is 17.7 Å². The smallest absolute Gasteiger partial charge is 0.252 e. The molecule has 1 heterocycles. The van der Waals surface area contributed by atoms with Crippen molar-refractivity contribution in [1.29, 1.82) is 0 Å². The zero-order chi connectivity index (χ0) is 13.0. The summed E-state index contributed by atoms with van der Waals surface area (Å²) in [5, 5.41) is 4.33. The van der Waals surface area contributed by atoms with E-state index in [1.165, 1.54) is 0 Å². The third-order valence-electron chi connectivity index (χ3n) is 2.90. The van der Waals surface area contributed by atoms with E-state index in [2.05, 4.69) is 17.2 Å². The van der Waals surface area contributed by atoms with Crippen LogP contribution in [0.15, 0.2) is 35.1 Å². The maximum atomic E-state index is 11.8. The topological polar surface area (TPSA) is 34.0 Å². The second kappa shape index (κ2) is 5.42. The fourth-order valence-corrected chi connectivity index (χ4v) is 1.94. The van der Waals surface area contributed by atoms with E-state index < -0.39 is 0 Å². The lowest BCUT2D eigenvalue weighted by Gasteiger charge is -2.11. The number of hydrogen-bond acceptors (Lipinski definition) is 2. The molecule has 1 N–H and O–H groups in total. The van der Waals surface area contributed by atoms with Crippen molar-refractivity contribution < 1.29 is 0 Å². The highest BCUT2D eigenvalue weighted by Gasteiger charge is 2.04. The molecule has 3 heteroatoms. The van der Waals surface area contributed by atoms with Gasteiger partial charge in [-0.15, -0.1) is 11.8 Å². The normalized spacial score (nSPS) is 9.89. The molecule has 2 rings (SSSR count). The third-order valence-corrected chi connectivity index (χ3v) is 2.90. The van der Waals surface area contributed by atoms with Gasteiger partial charge in [0.25, 0.3) is 5.56 Å². The Morgan fingerprint density at radius 3 is 2.89 bits per heavy atom. The summed E-state index contributed by atoms with van der Waals surface area (Å²) in [6.07, 6.45) is 0.778. The van der Waals surface area contributed by atoms with Gasteiger partial charge in [0.05, 0.1) is 5.52 Å². The first-order chi connectivity index (χ1) is 8.74. The summed E-state index contributed by atoms with van der Waals surface area (Å²) in [6, 6.07) is 9.52. The SMILES string of the molecule is CC#CCCNc1cc(=O)n(C)c2ccccc12. The Bertz CT molecular complexity index is 674. The van der Waals surface area contributed by atoms with Crippen LogP contribution in [-0.4, -0.2) is 11.1 Å². The molecule has 0 amide bonds. The summed E-state index contributed by atoms with van der Waals surface area (Å²) < 4.78 is 1.66. The van der Waals surface area contributed by atoms with Crippen LogP contribution in [0.5, 0.6) is 0 Å². The quantitative estimate of drug-likeness (QED) is 0.660. The second-order valence-electron chi connectivity index (χ2n) is 4.08. The Hall–Kier alpha value is -2.21. The van der Waals surface area contributed by atoms with Crippen LogP contribution in [0.2, 0.25) is 0 Å². The molecule has 0 fully saturated rings. The highest BCUT2D eigenvalue weighted by molar-refractivity contribution is 5.91. The van der Waals surface area contributed by atoms with Gasteiger partial charge in [-0.05, 0) is 13.0 Å². The predicted molar refractivity (Wildman–Crippen MR) is 75.7 cm³/mol. The van der Waals surface area contributed by atoms with Crippen molar-refractivity contribution in [3.63, 3.8) is 0 Å². The molecule has 0 saturated heterocycles. The minimum absolute atomic E-state index is 0.00206. The fourth-order valence-electron chi connectivity index (χ4n) is 1.94. The number of fused-ring (bicyclic) bond motifs is 1. The minimum Gasteiger partial charge on any atom is -0.383 e. The largest absolute Gasteiger partial charge is 0.383 e. The van der Waals surface area contributed by atoms with Gasteiger partial charge >= 0.3 is 0 Å². The highest BCUT2D eigenvalue weighted by atomic mass is 16.1. The lowest BCUT2D eigenvalue weighted by Crippen LogP contribution is -2.17. The molecule has 0 bridgehead atoms. The van der Waals surface area contributed by atoms with E-state index in [-0.39, 0.29) is 5.56 Å². The van der Waals surface area contributed by atoms with E-state index in [0.29, 0.717) is 0 Å². The number of anilines is 1. The fraction of sp³-hybridized carbons (Fsp3) is 0.267. The Balaban J connectivity index is 2.40. The monoisotopic (exact) mass is 240 g/mol. The molecule has 0 saturated carbocycles. The number of hydrogen-bond donors (Lipinski definition) is 1. The van der Waals surface area contributed by atoms with Gasteiger partial charge in [-0.1, -0.05) is 18.2 Å². The molecule has 0 atom stereocenters. The van der Waals surface area contributed by atoms with Crippen LogP contribution in [-0.2, 0) is 7.05 Å². The highest BCUT2D eigenvalue weighted by Crippen LogP contribution is 2.20. The van der Waals surface area contributed by atoms with Crippen molar-refractivity contribution in [3.05, 3.63) is 40.7 Å². The van der Waals surface area contributed by atoms with E-state index in [1.807, 2.05) is 31.2 Å². The summed E-state index contributed by atoms with van der Waals surface area (Å²) >= 11 is 0. The van der Waals surface area contributed by atoms with Crippen LogP contribution in [0, 0.1) is 11.8 Å². The van der Waals surface area contributed by atoms with Crippen molar-refractivity contribution in [2.45, 2.75) is 13.3 Å². The molecular formula is C15H16N2O. The van der Waals surface area contributed by atoms with Crippen LogP contribution in [0.25, 0.3) is 10.9 Å². The predicted octanol–water partition coefficient (Wildman–Crippen LogP) is 2.36. The average molecular weight is 240 g/mol. The van der Waals surface area contributed by atoms with Crippen molar-refractivity contribution in [1.82, 2.24) is 4.57 Å². The lowest BCUT2D eigenvalue weighted by atomic mass is 10.2. The van der Waals surface area contributed by atoms with E-state index in [9.17, 15) is 4.79 Å². The van der Waals surface area contributed by atoms with Crippen molar-refractivity contribution in [2.75, 3.05) is 11.9 Å². The number of nitrogens with zero attached hydrogens (tertiary/aromatic N) is 1. The number of aromatic nitrogens is 1. The molecule has 0 aliphatic carbocycles. The number of nitrogens with one attached hydrogen (secondary N) is 1. The van der Waals surface area contributed by atoms with Gasteiger partial charge < -0.3 is 9.88 Å². The third kappa shape index (κ3) is 2.38. The maximum absolute atomic E-state index is 11.8. The van der Waals surface area contributed by atoms with Crippen molar-refractivity contribution >= 4 is 16.6 Å². The summed E-state index contributed by atoms with van der Waals surface area (Å²) in [5.41, 5.74) is 1.82. The Kier molecular flexibility index (Phi) is 3.69. The number of pyridine rings is 1. The van der Waals surface area contributed by atoms with Crippen LogP contribution in [0.4, 0.5) is 5.69 Å². The molecule has 1 aromatic heterocycles. The molecule has 92 valence electrons. The second-order valence-corrected chi connectivity index (χ2v) is 4.08. The van der Waals surface area contributed by atoms with Gasteiger partial charge in [-0.3, -0.25) is 4.79 Å². The summed E-state index contributed by atoms with van der Waals surface area (Å²) in [6.45, 7) is 2.58. The Morgan fingerprint density at radius 2 is 2.11 bits per heavy atom. The molecule has 2 aromatic rings. The van der Waals surface area contributed by atoms with Gasteiger partial charge in [0.15, 0.2) is 0 Å². The molecule has 3 nitrogen and oxygen atoms in total. The van der Waals surface area contributed by atoms with E-state index >= 15 is 0 Å². The zero-order valence-electron chi connectivity index (χ0n) is 10.7. The molecule has 0 aliphatic rings. The molecule has 0 unspecified atom stereocenters. The lowest BCUT2D eigenvalue weighted by molar-refractivity contribution is 0.905. The van der Waals surface area contributed by atoms with Crippen LogP contribution < -0.4 is 10.9 Å². The molecule has 18 heavy (non-hydrogen) atoms. The number of benzene rings is 1. The number of rotatable bonds is 3. The van der Waals surface area contributed by atoms with Gasteiger partial charge in [0, 0.05) is 37.2 Å². The van der Waals surface area contributed by atoms with Crippen molar-refractivity contribution in [2.24, 2.45) is 7.05 Å².